The summed E-state index contributed by atoms with van der Waals surface area (Å²) in [6.45, 7) is 7.83. The summed E-state index contributed by atoms with van der Waals surface area (Å²) in [7, 11) is -3.54. The van der Waals surface area contributed by atoms with E-state index in [1.165, 1.54) is 4.31 Å². The Bertz CT molecular complexity index is 660. The van der Waals surface area contributed by atoms with Crippen LogP contribution < -0.4 is 0 Å². The molecule has 128 valence electrons. The Labute approximate surface area is 139 Å². The fourth-order valence-corrected chi connectivity index (χ4v) is 4.46. The maximum atomic E-state index is 12.7. The molecule has 1 fully saturated rings. The third-order valence-corrected chi connectivity index (χ3v) is 6.47. The van der Waals surface area contributed by atoms with Crippen LogP contribution in [0.2, 0.25) is 0 Å². The molecule has 0 spiro atoms. The quantitative estimate of drug-likeness (QED) is 0.829. The lowest BCUT2D eigenvalue weighted by Crippen LogP contribution is -2.36. The molecule has 1 aromatic rings. The molecule has 0 bridgehead atoms. The lowest BCUT2D eigenvalue weighted by atomic mass is 10.1. The molecule has 0 unspecified atom stereocenters. The van der Waals surface area contributed by atoms with Gasteiger partial charge in [0.2, 0.25) is 10.0 Å². The molecule has 0 atom stereocenters. The molecule has 1 saturated heterocycles. The highest BCUT2D eigenvalue weighted by Gasteiger charge is 2.25. The van der Waals surface area contributed by atoms with Crippen molar-refractivity contribution in [3.05, 3.63) is 29.3 Å². The second-order valence-electron chi connectivity index (χ2n) is 5.92. The normalized spacial score (nSPS) is 15.9. The van der Waals surface area contributed by atoms with Gasteiger partial charge in [-0.3, -0.25) is 4.79 Å². The second-order valence-corrected chi connectivity index (χ2v) is 7.86. The number of hydrogen-bond donors (Lipinski definition) is 0. The molecule has 1 amide bonds. The minimum atomic E-state index is -3.54. The number of sulfonamides is 1. The molecule has 5 nitrogen and oxygen atoms in total. The fraction of sp³-hybridized carbons (Fsp3) is 0.588. The molecule has 1 heterocycles. The van der Waals surface area contributed by atoms with Crippen LogP contribution in [0.3, 0.4) is 0 Å². The van der Waals surface area contributed by atoms with Gasteiger partial charge in [0, 0.05) is 31.7 Å². The van der Waals surface area contributed by atoms with E-state index in [0.29, 0.717) is 18.7 Å². The predicted octanol–water partition coefficient (Wildman–Crippen LogP) is 2.65. The van der Waals surface area contributed by atoms with Crippen molar-refractivity contribution >= 4 is 15.9 Å². The van der Waals surface area contributed by atoms with Gasteiger partial charge in [-0.25, -0.2) is 8.42 Å². The van der Waals surface area contributed by atoms with E-state index in [1.807, 2.05) is 25.7 Å². The molecule has 1 aromatic carbocycles. The van der Waals surface area contributed by atoms with Crippen LogP contribution in [0.1, 0.15) is 49.0 Å². The van der Waals surface area contributed by atoms with Crippen LogP contribution in [0.5, 0.6) is 0 Å². The molecular formula is C17H26N2O3S. The van der Waals surface area contributed by atoms with Crippen molar-refractivity contribution in [1.82, 2.24) is 9.21 Å². The number of aryl methyl sites for hydroxylation is 1. The molecule has 0 radical (unpaired) electrons. The number of carbonyl (C=O) groups is 1. The van der Waals surface area contributed by atoms with Gasteiger partial charge in [-0.2, -0.15) is 4.31 Å². The van der Waals surface area contributed by atoms with E-state index in [0.717, 1.165) is 37.9 Å². The SMILES string of the molecule is CCN(CC)S(=O)(=O)c1ccc(C)c(C(=O)N2CCCCC2)c1. The molecule has 6 heteroatoms. The van der Waals surface area contributed by atoms with E-state index in [9.17, 15) is 13.2 Å². The van der Waals surface area contributed by atoms with Gasteiger partial charge >= 0.3 is 0 Å². The molecule has 2 rings (SSSR count). The van der Waals surface area contributed by atoms with Crippen molar-refractivity contribution in [2.45, 2.75) is 44.9 Å². The molecule has 1 aliphatic heterocycles. The van der Waals surface area contributed by atoms with Gasteiger partial charge in [-0.05, 0) is 43.9 Å². The van der Waals surface area contributed by atoms with Crippen LogP contribution in [0.25, 0.3) is 0 Å². The molecule has 1 aliphatic rings. The van der Waals surface area contributed by atoms with Gasteiger partial charge < -0.3 is 4.90 Å². The number of piperidine rings is 1. The number of nitrogens with zero attached hydrogens (tertiary/aromatic N) is 2. The minimum absolute atomic E-state index is 0.0567. The molecule has 0 aromatic heterocycles. The Morgan fingerprint density at radius 3 is 2.30 bits per heavy atom. The zero-order valence-corrected chi connectivity index (χ0v) is 15.0. The Morgan fingerprint density at radius 1 is 1.13 bits per heavy atom. The molecule has 0 saturated carbocycles. The highest BCUT2D eigenvalue weighted by atomic mass is 32.2. The van der Waals surface area contributed by atoms with Gasteiger partial charge in [0.1, 0.15) is 0 Å². The fourth-order valence-electron chi connectivity index (χ4n) is 2.97. The summed E-state index contributed by atoms with van der Waals surface area (Å²) in [6.07, 6.45) is 3.18. The van der Waals surface area contributed by atoms with Crippen LogP contribution in [0, 0.1) is 6.92 Å². The number of carbonyl (C=O) groups excluding carboxylic acids is 1. The maximum absolute atomic E-state index is 12.7. The summed E-state index contributed by atoms with van der Waals surface area (Å²) >= 11 is 0. The Morgan fingerprint density at radius 2 is 1.74 bits per heavy atom. The molecule has 0 N–H and O–H groups in total. The summed E-state index contributed by atoms with van der Waals surface area (Å²) in [5, 5.41) is 0. The van der Waals surface area contributed by atoms with E-state index in [2.05, 4.69) is 0 Å². The molecule has 23 heavy (non-hydrogen) atoms. The van der Waals surface area contributed by atoms with E-state index in [1.54, 1.807) is 18.2 Å². The molecule has 0 aliphatic carbocycles. The van der Waals surface area contributed by atoms with Crippen LogP contribution in [0.4, 0.5) is 0 Å². The predicted molar refractivity (Wildman–Crippen MR) is 91.0 cm³/mol. The summed E-state index contributed by atoms with van der Waals surface area (Å²) < 4.78 is 26.7. The highest BCUT2D eigenvalue weighted by molar-refractivity contribution is 7.89. The second kappa shape index (κ2) is 7.45. The van der Waals surface area contributed by atoms with Gasteiger partial charge in [-0.15, -0.1) is 0 Å². The summed E-state index contributed by atoms with van der Waals surface area (Å²) in [5.41, 5.74) is 1.32. The van der Waals surface area contributed by atoms with Gasteiger partial charge in [0.15, 0.2) is 0 Å². The van der Waals surface area contributed by atoms with Gasteiger partial charge in [-0.1, -0.05) is 19.9 Å². The van der Waals surface area contributed by atoms with Crippen molar-refractivity contribution < 1.29 is 13.2 Å². The minimum Gasteiger partial charge on any atom is -0.339 e. The van der Waals surface area contributed by atoms with E-state index in [4.69, 9.17) is 0 Å². The van der Waals surface area contributed by atoms with Crippen molar-refractivity contribution in [1.29, 1.82) is 0 Å². The lowest BCUT2D eigenvalue weighted by molar-refractivity contribution is 0.0723. The zero-order chi connectivity index (χ0) is 17.0. The number of rotatable bonds is 5. The topological polar surface area (TPSA) is 57.7 Å². The average molecular weight is 338 g/mol. The number of benzene rings is 1. The summed E-state index contributed by atoms with van der Waals surface area (Å²) in [4.78, 5) is 14.8. The monoisotopic (exact) mass is 338 g/mol. The zero-order valence-electron chi connectivity index (χ0n) is 14.2. The van der Waals surface area contributed by atoms with Crippen LogP contribution in [-0.2, 0) is 10.0 Å². The lowest BCUT2D eigenvalue weighted by Gasteiger charge is -2.27. The van der Waals surface area contributed by atoms with Crippen LogP contribution in [-0.4, -0.2) is 49.7 Å². The van der Waals surface area contributed by atoms with Crippen molar-refractivity contribution in [2.24, 2.45) is 0 Å². The van der Waals surface area contributed by atoms with Crippen molar-refractivity contribution in [3.8, 4) is 0 Å². The van der Waals surface area contributed by atoms with E-state index < -0.39 is 10.0 Å². The van der Waals surface area contributed by atoms with Crippen molar-refractivity contribution in [3.63, 3.8) is 0 Å². The Balaban J connectivity index is 2.37. The number of likely N-dealkylation sites (tertiary alicyclic amines) is 1. The summed E-state index contributed by atoms with van der Waals surface area (Å²) in [6, 6.07) is 4.86. The summed E-state index contributed by atoms with van der Waals surface area (Å²) in [5.74, 6) is -0.0567. The maximum Gasteiger partial charge on any atom is 0.254 e. The van der Waals surface area contributed by atoms with Crippen molar-refractivity contribution in [2.75, 3.05) is 26.2 Å². The third-order valence-electron chi connectivity index (χ3n) is 4.43. The third kappa shape index (κ3) is 3.75. The van der Waals surface area contributed by atoms with E-state index in [-0.39, 0.29) is 10.8 Å². The highest BCUT2D eigenvalue weighted by Crippen LogP contribution is 2.22. The number of amides is 1. The average Bonchev–Trinajstić information content (AvgIpc) is 2.56. The largest absolute Gasteiger partial charge is 0.339 e. The first-order valence-electron chi connectivity index (χ1n) is 8.31. The molecular weight excluding hydrogens is 312 g/mol. The smallest absolute Gasteiger partial charge is 0.254 e. The van der Waals surface area contributed by atoms with E-state index >= 15 is 0 Å². The van der Waals surface area contributed by atoms with Crippen LogP contribution in [0.15, 0.2) is 23.1 Å². The van der Waals surface area contributed by atoms with Gasteiger partial charge in [0.05, 0.1) is 4.90 Å². The van der Waals surface area contributed by atoms with Crippen LogP contribution >= 0.6 is 0 Å². The standard InChI is InChI=1S/C17H26N2O3S/c1-4-19(5-2)23(21,22)15-10-9-14(3)16(13-15)17(20)18-11-7-6-8-12-18/h9-10,13H,4-8,11-12H2,1-3H3. The first-order chi connectivity index (χ1) is 10.9. The van der Waals surface area contributed by atoms with Gasteiger partial charge in [0.25, 0.3) is 5.91 Å². The first kappa shape index (κ1) is 17.9. The first-order valence-corrected chi connectivity index (χ1v) is 9.75. The Hall–Kier alpha value is -1.40. The Kier molecular flexibility index (Phi) is 5.81. The number of hydrogen-bond acceptors (Lipinski definition) is 3.